The minimum Gasteiger partial charge on any atom is -0.382 e. The monoisotopic (exact) mass is 191 g/mol. The molecule has 0 aliphatic carbocycles. The minimum absolute atomic E-state index is 0.0556. The van der Waals surface area contributed by atoms with Crippen molar-refractivity contribution in [3.05, 3.63) is 0 Å². The van der Waals surface area contributed by atoms with Crippen molar-refractivity contribution >= 4 is 0 Å². The van der Waals surface area contributed by atoms with Crippen LogP contribution in [-0.4, -0.2) is 39.3 Å². The molecule has 0 aromatic rings. The molecule has 0 spiro atoms. The van der Waals surface area contributed by atoms with Crippen LogP contribution in [-0.2, 0) is 14.2 Å². The van der Waals surface area contributed by atoms with E-state index >= 15 is 0 Å². The van der Waals surface area contributed by atoms with E-state index in [1.165, 1.54) is 0 Å². The maximum atomic E-state index is 5.54. The fourth-order valence-electron chi connectivity index (χ4n) is 0.806. The molecule has 13 heavy (non-hydrogen) atoms. The number of ether oxygens (including phenoxy) is 3. The Bertz CT molecular complexity index is 109. The van der Waals surface area contributed by atoms with Gasteiger partial charge < -0.3 is 19.9 Å². The molecule has 0 aliphatic heterocycles. The zero-order chi connectivity index (χ0) is 10.1. The van der Waals surface area contributed by atoms with Crippen LogP contribution in [0.15, 0.2) is 0 Å². The van der Waals surface area contributed by atoms with Gasteiger partial charge in [0.05, 0.1) is 19.8 Å². The first-order valence-electron chi connectivity index (χ1n) is 4.68. The van der Waals surface area contributed by atoms with E-state index in [9.17, 15) is 0 Å². The Labute approximate surface area is 80.3 Å². The molecule has 0 bridgehead atoms. The third kappa shape index (κ3) is 8.18. The van der Waals surface area contributed by atoms with Crippen LogP contribution in [0.25, 0.3) is 0 Å². The van der Waals surface area contributed by atoms with Gasteiger partial charge in [-0.15, -0.1) is 0 Å². The van der Waals surface area contributed by atoms with Gasteiger partial charge in [0.25, 0.3) is 0 Å². The first-order chi connectivity index (χ1) is 6.20. The Balaban J connectivity index is 3.39. The van der Waals surface area contributed by atoms with Crippen LogP contribution in [0.4, 0.5) is 0 Å². The molecular formula is C9H21NO3. The predicted molar refractivity (Wildman–Crippen MR) is 51.5 cm³/mol. The summed E-state index contributed by atoms with van der Waals surface area (Å²) >= 11 is 0. The second-order valence-corrected chi connectivity index (χ2v) is 3.01. The molecule has 0 radical (unpaired) electrons. The first-order valence-corrected chi connectivity index (χ1v) is 4.68. The molecule has 0 aromatic carbocycles. The lowest BCUT2D eigenvalue weighted by atomic mass is 10.4. The lowest BCUT2D eigenvalue weighted by molar-refractivity contribution is -0.151. The third-order valence-corrected chi connectivity index (χ3v) is 1.47. The van der Waals surface area contributed by atoms with Gasteiger partial charge in [0.15, 0.2) is 6.29 Å². The molecule has 0 amide bonds. The number of nitrogens with two attached hydrogens (primary N) is 1. The number of hydrogen-bond donors (Lipinski definition) is 1. The van der Waals surface area contributed by atoms with Crippen molar-refractivity contribution in [1.82, 2.24) is 0 Å². The average Bonchev–Trinajstić information content (AvgIpc) is 2.10. The summed E-state index contributed by atoms with van der Waals surface area (Å²) in [4.78, 5) is 0. The molecular weight excluding hydrogens is 170 g/mol. The second-order valence-electron chi connectivity index (χ2n) is 3.01. The van der Waals surface area contributed by atoms with Crippen molar-refractivity contribution < 1.29 is 14.2 Å². The molecule has 0 fully saturated rings. The van der Waals surface area contributed by atoms with Crippen LogP contribution in [0, 0.1) is 0 Å². The quantitative estimate of drug-likeness (QED) is 0.454. The highest BCUT2D eigenvalue weighted by Crippen LogP contribution is 2.00. The summed E-state index contributed by atoms with van der Waals surface area (Å²) < 4.78 is 15.6. The summed E-state index contributed by atoms with van der Waals surface area (Å²) in [6.07, 6.45) is 0.678. The molecule has 4 nitrogen and oxygen atoms in total. The molecule has 0 aliphatic rings. The van der Waals surface area contributed by atoms with E-state index in [1.807, 2.05) is 13.8 Å². The summed E-state index contributed by atoms with van der Waals surface area (Å²) in [7, 11) is 1.65. The average molecular weight is 191 g/mol. The lowest BCUT2D eigenvalue weighted by Gasteiger charge is -2.17. The lowest BCUT2D eigenvalue weighted by Crippen LogP contribution is -2.27. The van der Waals surface area contributed by atoms with E-state index in [-0.39, 0.29) is 12.3 Å². The Kier molecular flexibility index (Phi) is 8.33. The molecule has 80 valence electrons. The van der Waals surface area contributed by atoms with Crippen LogP contribution < -0.4 is 5.73 Å². The van der Waals surface area contributed by atoms with E-state index in [2.05, 4.69) is 0 Å². The van der Waals surface area contributed by atoms with Crippen molar-refractivity contribution in [2.24, 2.45) is 5.73 Å². The SMILES string of the molecule is CCC(OCCOC)OCC(C)N. The Morgan fingerprint density at radius 2 is 1.92 bits per heavy atom. The largest absolute Gasteiger partial charge is 0.382 e. The molecule has 4 heteroatoms. The summed E-state index contributed by atoms with van der Waals surface area (Å²) in [6, 6.07) is 0.0556. The molecule has 2 atom stereocenters. The van der Waals surface area contributed by atoms with Gasteiger partial charge in [-0.2, -0.15) is 0 Å². The van der Waals surface area contributed by atoms with Crippen molar-refractivity contribution in [3.63, 3.8) is 0 Å². The molecule has 2 N–H and O–H groups in total. The first kappa shape index (κ1) is 12.8. The maximum absolute atomic E-state index is 5.54. The maximum Gasteiger partial charge on any atom is 0.157 e. The predicted octanol–water partition coefficient (Wildman–Crippen LogP) is 0.749. The highest BCUT2D eigenvalue weighted by molar-refractivity contribution is 4.50. The van der Waals surface area contributed by atoms with E-state index in [1.54, 1.807) is 7.11 Å². The summed E-state index contributed by atoms with van der Waals surface area (Å²) in [5, 5.41) is 0. The minimum atomic E-state index is -0.152. The third-order valence-electron chi connectivity index (χ3n) is 1.47. The van der Waals surface area contributed by atoms with E-state index < -0.39 is 0 Å². The van der Waals surface area contributed by atoms with E-state index in [0.29, 0.717) is 19.8 Å². The molecule has 0 aromatic heterocycles. The van der Waals surface area contributed by atoms with Gasteiger partial charge >= 0.3 is 0 Å². The standard InChI is InChI=1S/C9H21NO3/c1-4-9(12-6-5-11-3)13-7-8(2)10/h8-9H,4-7,10H2,1-3H3. The fourth-order valence-corrected chi connectivity index (χ4v) is 0.806. The highest BCUT2D eigenvalue weighted by Gasteiger charge is 2.06. The van der Waals surface area contributed by atoms with E-state index in [0.717, 1.165) is 6.42 Å². The van der Waals surface area contributed by atoms with E-state index in [4.69, 9.17) is 19.9 Å². The van der Waals surface area contributed by atoms with Crippen molar-refractivity contribution in [1.29, 1.82) is 0 Å². The molecule has 0 heterocycles. The number of hydrogen-bond acceptors (Lipinski definition) is 4. The highest BCUT2D eigenvalue weighted by atomic mass is 16.7. The van der Waals surface area contributed by atoms with Crippen molar-refractivity contribution in [2.45, 2.75) is 32.6 Å². The topological polar surface area (TPSA) is 53.7 Å². The normalized spacial score (nSPS) is 15.7. The van der Waals surface area contributed by atoms with Gasteiger partial charge in [-0.05, 0) is 13.3 Å². The number of rotatable bonds is 8. The second kappa shape index (κ2) is 8.44. The van der Waals surface area contributed by atoms with Gasteiger partial charge in [-0.3, -0.25) is 0 Å². The van der Waals surface area contributed by atoms with Crippen LogP contribution in [0.3, 0.4) is 0 Å². The van der Waals surface area contributed by atoms with Crippen molar-refractivity contribution in [2.75, 3.05) is 26.9 Å². The Morgan fingerprint density at radius 3 is 2.38 bits per heavy atom. The van der Waals surface area contributed by atoms with Crippen molar-refractivity contribution in [3.8, 4) is 0 Å². The Morgan fingerprint density at radius 1 is 1.23 bits per heavy atom. The summed E-state index contributed by atoms with van der Waals surface area (Å²) in [5.41, 5.74) is 5.54. The smallest absolute Gasteiger partial charge is 0.157 e. The molecule has 0 saturated carbocycles. The van der Waals surface area contributed by atoms with Gasteiger partial charge in [-0.1, -0.05) is 6.92 Å². The fraction of sp³-hybridized carbons (Fsp3) is 1.00. The summed E-state index contributed by atoms with van der Waals surface area (Å²) in [6.45, 7) is 5.61. The van der Waals surface area contributed by atoms with Gasteiger partial charge in [0.1, 0.15) is 0 Å². The van der Waals surface area contributed by atoms with Crippen LogP contribution in [0.5, 0.6) is 0 Å². The Hall–Kier alpha value is -0.160. The molecule has 0 rings (SSSR count). The zero-order valence-electron chi connectivity index (χ0n) is 8.79. The number of methoxy groups -OCH3 is 1. The molecule has 0 saturated heterocycles. The van der Waals surface area contributed by atoms with Crippen LogP contribution in [0.1, 0.15) is 20.3 Å². The van der Waals surface area contributed by atoms with Gasteiger partial charge in [-0.25, -0.2) is 0 Å². The molecule has 2 unspecified atom stereocenters. The van der Waals surface area contributed by atoms with Crippen LogP contribution in [0.2, 0.25) is 0 Å². The summed E-state index contributed by atoms with van der Waals surface area (Å²) in [5.74, 6) is 0. The van der Waals surface area contributed by atoms with Gasteiger partial charge in [0, 0.05) is 13.2 Å². The zero-order valence-corrected chi connectivity index (χ0v) is 8.79. The van der Waals surface area contributed by atoms with Crippen LogP contribution >= 0.6 is 0 Å². The van der Waals surface area contributed by atoms with Gasteiger partial charge in [0.2, 0.25) is 0 Å².